The van der Waals surface area contributed by atoms with Gasteiger partial charge in [-0.2, -0.15) is 0 Å². The lowest BCUT2D eigenvalue weighted by Gasteiger charge is -2.19. The van der Waals surface area contributed by atoms with Crippen molar-refractivity contribution in [2.45, 2.75) is 26.2 Å². The molecule has 6 nitrogen and oxygen atoms in total. The molecule has 2 amide bonds. The number of carbonyl (C=O) groups excluding carboxylic acids is 2. The average Bonchev–Trinajstić information content (AvgIpc) is 3.27. The number of halogens is 3. The number of benzene rings is 2. The fraction of sp³-hybridized carbons (Fsp3) is 0.269. The molecular formula is C26H25F3N4O2. The number of nitrogens with one attached hydrogen (secondary N) is 2. The summed E-state index contributed by atoms with van der Waals surface area (Å²) < 4.78 is 40.5. The second kappa shape index (κ2) is 10.6. The summed E-state index contributed by atoms with van der Waals surface area (Å²) in [5.74, 6) is -3.65. The van der Waals surface area contributed by atoms with Crippen molar-refractivity contribution in [1.29, 1.82) is 0 Å². The van der Waals surface area contributed by atoms with Gasteiger partial charge in [0.15, 0.2) is 17.5 Å². The van der Waals surface area contributed by atoms with Crippen LogP contribution in [0.4, 0.5) is 24.7 Å². The molecule has 2 aromatic carbocycles. The van der Waals surface area contributed by atoms with Gasteiger partial charge in [0.25, 0.3) is 5.91 Å². The van der Waals surface area contributed by atoms with Crippen LogP contribution in [0.3, 0.4) is 0 Å². The minimum absolute atomic E-state index is 0.116. The molecule has 0 unspecified atom stereocenters. The Bertz CT molecular complexity index is 1240. The van der Waals surface area contributed by atoms with Crippen LogP contribution in [0.1, 0.15) is 40.4 Å². The Kier molecular flexibility index (Phi) is 7.33. The van der Waals surface area contributed by atoms with Gasteiger partial charge in [0.2, 0.25) is 5.91 Å². The number of carbonyl (C=O) groups is 2. The van der Waals surface area contributed by atoms with Crippen LogP contribution in [0.15, 0.2) is 48.7 Å². The van der Waals surface area contributed by atoms with Crippen LogP contribution < -0.4 is 15.5 Å². The van der Waals surface area contributed by atoms with Gasteiger partial charge in [0.1, 0.15) is 5.82 Å². The molecular weight excluding hydrogens is 457 g/mol. The third kappa shape index (κ3) is 5.45. The zero-order valence-electron chi connectivity index (χ0n) is 19.2. The largest absolute Gasteiger partial charge is 0.356 e. The maximum Gasteiger partial charge on any atom is 0.251 e. The number of rotatable bonds is 8. The van der Waals surface area contributed by atoms with Gasteiger partial charge in [-0.3, -0.25) is 9.59 Å². The van der Waals surface area contributed by atoms with E-state index >= 15 is 0 Å². The van der Waals surface area contributed by atoms with Crippen LogP contribution >= 0.6 is 0 Å². The third-order valence-electron chi connectivity index (χ3n) is 5.82. The van der Waals surface area contributed by atoms with Crippen molar-refractivity contribution in [3.63, 3.8) is 0 Å². The normalized spacial score (nSPS) is 12.4. The van der Waals surface area contributed by atoms with E-state index in [2.05, 4.69) is 15.6 Å². The first kappa shape index (κ1) is 24.3. The first-order valence-electron chi connectivity index (χ1n) is 11.4. The van der Waals surface area contributed by atoms with Crippen LogP contribution in [0, 0.1) is 17.5 Å². The van der Waals surface area contributed by atoms with E-state index < -0.39 is 17.5 Å². The van der Waals surface area contributed by atoms with E-state index in [4.69, 9.17) is 0 Å². The van der Waals surface area contributed by atoms with Crippen molar-refractivity contribution in [3.05, 3.63) is 88.4 Å². The first-order chi connectivity index (χ1) is 16.9. The van der Waals surface area contributed by atoms with Crippen molar-refractivity contribution in [3.8, 4) is 0 Å². The Morgan fingerprint density at radius 1 is 1.03 bits per heavy atom. The highest BCUT2D eigenvalue weighted by atomic mass is 19.2. The number of amides is 2. The number of pyridine rings is 1. The highest BCUT2D eigenvalue weighted by molar-refractivity contribution is 5.98. The van der Waals surface area contributed by atoms with Gasteiger partial charge in [0.05, 0.1) is 0 Å². The van der Waals surface area contributed by atoms with E-state index in [1.54, 1.807) is 24.4 Å². The maximum absolute atomic E-state index is 13.6. The fourth-order valence-corrected chi connectivity index (χ4v) is 4.22. The monoisotopic (exact) mass is 482 g/mol. The molecule has 0 bridgehead atoms. The van der Waals surface area contributed by atoms with Gasteiger partial charge in [-0.05, 0) is 72.9 Å². The topological polar surface area (TPSA) is 74.3 Å². The summed E-state index contributed by atoms with van der Waals surface area (Å²) in [5.41, 5.74) is 3.36. The standard InChI is InChI=1S/C26H25F3N4O2/c1-2-30-24(34)7-10-32-26(35)19-4-3-5-22-18(19)8-11-33(22)23-15-16(6-9-31-23)12-17-13-20(27)25(29)21(28)14-17/h3-6,9,13-15H,2,7-8,10-12H2,1H3,(H,30,34)(H,32,35). The van der Waals surface area contributed by atoms with Crippen LogP contribution in [0.2, 0.25) is 0 Å². The minimum Gasteiger partial charge on any atom is -0.356 e. The van der Waals surface area contributed by atoms with Crippen molar-refractivity contribution in [1.82, 2.24) is 15.6 Å². The van der Waals surface area contributed by atoms with E-state index in [0.29, 0.717) is 36.5 Å². The van der Waals surface area contributed by atoms with Crippen LogP contribution in [0.25, 0.3) is 0 Å². The summed E-state index contributed by atoms with van der Waals surface area (Å²) in [7, 11) is 0. The van der Waals surface area contributed by atoms with E-state index in [1.165, 1.54) is 0 Å². The number of hydrogen-bond donors (Lipinski definition) is 2. The van der Waals surface area contributed by atoms with Gasteiger partial charge in [0, 0.05) is 43.5 Å². The SMILES string of the molecule is CCNC(=O)CCNC(=O)c1cccc2c1CCN2c1cc(Cc2cc(F)c(F)c(F)c2)ccn1. The quantitative estimate of drug-likeness (QED) is 0.476. The summed E-state index contributed by atoms with van der Waals surface area (Å²) in [6.07, 6.45) is 2.66. The lowest BCUT2D eigenvalue weighted by atomic mass is 10.0. The third-order valence-corrected chi connectivity index (χ3v) is 5.82. The molecule has 4 rings (SSSR count). The molecule has 3 aromatic rings. The maximum atomic E-state index is 13.6. The van der Waals surface area contributed by atoms with E-state index in [-0.39, 0.29) is 31.2 Å². The Morgan fingerprint density at radius 3 is 2.54 bits per heavy atom. The Balaban J connectivity index is 1.50. The molecule has 1 aliphatic rings. The number of nitrogens with zero attached hydrogens (tertiary/aromatic N) is 2. The highest BCUT2D eigenvalue weighted by Crippen LogP contribution is 2.36. The van der Waals surface area contributed by atoms with E-state index in [0.717, 1.165) is 28.9 Å². The number of aromatic nitrogens is 1. The summed E-state index contributed by atoms with van der Waals surface area (Å²) in [5, 5.41) is 5.49. The minimum atomic E-state index is -1.48. The summed E-state index contributed by atoms with van der Waals surface area (Å²) >= 11 is 0. The van der Waals surface area contributed by atoms with E-state index in [1.807, 2.05) is 24.0 Å². The predicted octanol–water partition coefficient (Wildman–Crippen LogP) is 4.04. The number of anilines is 2. The van der Waals surface area contributed by atoms with Crippen LogP contribution in [0.5, 0.6) is 0 Å². The van der Waals surface area contributed by atoms with E-state index in [9.17, 15) is 22.8 Å². The second-order valence-electron chi connectivity index (χ2n) is 8.24. The molecule has 182 valence electrons. The molecule has 0 fully saturated rings. The molecule has 9 heteroatoms. The molecule has 2 heterocycles. The molecule has 0 radical (unpaired) electrons. The Morgan fingerprint density at radius 2 is 1.80 bits per heavy atom. The lowest BCUT2D eigenvalue weighted by molar-refractivity contribution is -0.120. The van der Waals surface area contributed by atoms with Crippen molar-refractivity contribution in [2.75, 3.05) is 24.5 Å². The molecule has 2 N–H and O–H groups in total. The van der Waals surface area contributed by atoms with Crippen molar-refractivity contribution in [2.24, 2.45) is 0 Å². The summed E-state index contributed by atoms with van der Waals surface area (Å²) in [6.45, 7) is 3.23. The second-order valence-corrected chi connectivity index (χ2v) is 8.24. The van der Waals surface area contributed by atoms with Crippen molar-refractivity contribution >= 4 is 23.3 Å². The zero-order valence-corrected chi connectivity index (χ0v) is 19.2. The molecule has 0 spiro atoms. The number of hydrogen-bond acceptors (Lipinski definition) is 4. The van der Waals surface area contributed by atoms with Crippen LogP contribution in [-0.2, 0) is 17.6 Å². The molecule has 0 saturated heterocycles. The Hall–Kier alpha value is -3.88. The van der Waals surface area contributed by atoms with Gasteiger partial charge in [-0.25, -0.2) is 18.2 Å². The molecule has 0 aliphatic carbocycles. The molecule has 35 heavy (non-hydrogen) atoms. The molecule has 1 aliphatic heterocycles. The molecule has 1 aromatic heterocycles. The summed E-state index contributed by atoms with van der Waals surface area (Å²) in [6, 6.07) is 11.0. The highest BCUT2D eigenvalue weighted by Gasteiger charge is 2.26. The number of fused-ring (bicyclic) bond motifs is 1. The zero-order chi connectivity index (χ0) is 24.9. The summed E-state index contributed by atoms with van der Waals surface area (Å²) in [4.78, 5) is 30.8. The molecule has 0 atom stereocenters. The van der Waals surface area contributed by atoms with Gasteiger partial charge in [-0.1, -0.05) is 6.07 Å². The van der Waals surface area contributed by atoms with Crippen LogP contribution in [-0.4, -0.2) is 36.4 Å². The molecule has 0 saturated carbocycles. The fourth-order valence-electron chi connectivity index (χ4n) is 4.22. The average molecular weight is 483 g/mol. The van der Waals surface area contributed by atoms with Crippen molar-refractivity contribution < 1.29 is 22.8 Å². The van der Waals surface area contributed by atoms with Gasteiger partial charge < -0.3 is 15.5 Å². The Labute approximate surface area is 201 Å². The van der Waals surface area contributed by atoms with Gasteiger partial charge in [-0.15, -0.1) is 0 Å². The smallest absolute Gasteiger partial charge is 0.251 e. The predicted molar refractivity (Wildman–Crippen MR) is 126 cm³/mol. The first-order valence-corrected chi connectivity index (χ1v) is 11.4. The van der Waals surface area contributed by atoms with Gasteiger partial charge >= 0.3 is 0 Å². The lowest BCUT2D eigenvalue weighted by Crippen LogP contribution is -2.31.